The van der Waals surface area contributed by atoms with Crippen LogP contribution in [0.1, 0.15) is 36.2 Å². The minimum absolute atomic E-state index is 0.0956. The lowest BCUT2D eigenvalue weighted by molar-refractivity contribution is 0.0952. The van der Waals surface area contributed by atoms with Crippen LogP contribution in [0.15, 0.2) is 53.6 Å². The van der Waals surface area contributed by atoms with Gasteiger partial charge in [-0.1, -0.05) is 55.8 Å². The van der Waals surface area contributed by atoms with Crippen molar-refractivity contribution in [3.05, 3.63) is 64.7 Å². The van der Waals surface area contributed by atoms with Crippen LogP contribution in [0.2, 0.25) is 5.02 Å². The van der Waals surface area contributed by atoms with Gasteiger partial charge in [-0.05, 0) is 36.1 Å². The number of halogens is 1. The van der Waals surface area contributed by atoms with Crippen LogP contribution < -0.4 is 5.43 Å². The van der Waals surface area contributed by atoms with Gasteiger partial charge in [0.15, 0.2) is 0 Å². The molecule has 0 fully saturated rings. The first-order valence-electron chi connectivity index (χ1n) is 7.38. The first-order valence-corrected chi connectivity index (χ1v) is 7.76. The average Bonchev–Trinajstić information content (AvgIpc) is 2.54. The molecule has 0 saturated heterocycles. The van der Waals surface area contributed by atoms with Crippen LogP contribution in [-0.2, 0) is 0 Å². The predicted octanol–water partition coefficient (Wildman–Crippen LogP) is 4.23. The molecule has 2 aromatic carbocycles. The molecule has 2 rings (SSSR count). The molecular formula is C18H19ClN2O2. The van der Waals surface area contributed by atoms with E-state index in [0.29, 0.717) is 10.9 Å². The van der Waals surface area contributed by atoms with Gasteiger partial charge in [0, 0.05) is 5.02 Å². The quantitative estimate of drug-likeness (QED) is 0.636. The van der Waals surface area contributed by atoms with E-state index < -0.39 is 5.91 Å². The summed E-state index contributed by atoms with van der Waals surface area (Å²) in [6.07, 6.45) is 0.728. The van der Waals surface area contributed by atoms with E-state index in [0.717, 1.165) is 17.7 Å². The largest absolute Gasteiger partial charge is 0.507 e. The van der Waals surface area contributed by atoms with Gasteiger partial charge in [-0.2, -0.15) is 5.10 Å². The summed E-state index contributed by atoms with van der Waals surface area (Å²) in [6, 6.07) is 14.0. The molecule has 0 heterocycles. The second-order valence-electron chi connectivity index (χ2n) is 5.62. The number of amides is 1. The van der Waals surface area contributed by atoms with Crippen molar-refractivity contribution in [3.8, 4) is 5.75 Å². The number of carbonyl (C=O) groups excluding carboxylic acids is 1. The van der Waals surface area contributed by atoms with Gasteiger partial charge in [-0.15, -0.1) is 0 Å². The minimum atomic E-state index is -0.498. The molecular weight excluding hydrogens is 312 g/mol. The Hall–Kier alpha value is -2.33. The van der Waals surface area contributed by atoms with Crippen molar-refractivity contribution in [2.45, 2.75) is 20.3 Å². The summed E-state index contributed by atoms with van der Waals surface area (Å²) in [7, 11) is 0. The van der Waals surface area contributed by atoms with E-state index in [1.807, 2.05) is 30.3 Å². The fraction of sp³-hybridized carbons (Fsp3) is 0.222. The summed E-state index contributed by atoms with van der Waals surface area (Å²) >= 11 is 5.86. The van der Waals surface area contributed by atoms with E-state index in [1.165, 1.54) is 18.2 Å². The van der Waals surface area contributed by atoms with Crippen molar-refractivity contribution in [2.24, 2.45) is 11.0 Å². The monoisotopic (exact) mass is 330 g/mol. The fourth-order valence-corrected chi connectivity index (χ4v) is 2.29. The summed E-state index contributed by atoms with van der Waals surface area (Å²) in [6.45, 7) is 4.17. The van der Waals surface area contributed by atoms with Gasteiger partial charge in [0.25, 0.3) is 5.91 Å². The molecule has 0 unspecified atom stereocenters. The van der Waals surface area contributed by atoms with Crippen molar-refractivity contribution in [2.75, 3.05) is 0 Å². The third kappa shape index (κ3) is 4.83. The standard InChI is InChI=1S/C18H19ClN2O2/c1-12(2)10-16(13-6-4-3-5-7-13)20-21-18(23)15-11-14(19)8-9-17(15)22/h3-9,11-12,22H,10H2,1-2H3,(H,21,23)/b20-16+. The summed E-state index contributed by atoms with van der Waals surface area (Å²) in [5.74, 6) is -0.236. The average molecular weight is 331 g/mol. The molecule has 120 valence electrons. The Labute approximate surface area is 140 Å². The molecule has 0 atom stereocenters. The highest BCUT2D eigenvalue weighted by molar-refractivity contribution is 6.31. The lowest BCUT2D eigenvalue weighted by Gasteiger charge is -2.10. The normalized spacial score (nSPS) is 11.6. The molecule has 0 aliphatic rings. The molecule has 5 heteroatoms. The van der Waals surface area contributed by atoms with Crippen LogP contribution in [0.5, 0.6) is 5.75 Å². The molecule has 2 N–H and O–H groups in total. The number of aromatic hydroxyl groups is 1. The summed E-state index contributed by atoms with van der Waals surface area (Å²) in [5, 5.41) is 14.4. The zero-order valence-corrected chi connectivity index (χ0v) is 13.8. The molecule has 0 saturated carbocycles. The zero-order valence-electron chi connectivity index (χ0n) is 13.1. The predicted molar refractivity (Wildman–Crippen MR) is 93.0 cm³/mol. The van der Waals surface area contributed by atoms with Crippen molar-refractivity contribution in [1.82, 2.24) is 5.43 Å². The molecule has 1 amide bonds. The van der Waals surface area contributed by atoms with Gasteiger partial charge >= 0.3 is 0 Å². The molecule has 0 spiro atoms. The number of rotatable bonds is 5. The lowest BCUT2D eigenvalue weighted by atomic mass is 10.0. The molecule has 0 aliphatic carbocycles. The highest BCUT2D eigenvalue weighted by atomic mass is 35.5. The van der Waals surface area contributed by atoms with Gasteiger partial charge in [0.2, 0.25) is 0 Å². The van der Waals surface area contributed by atoms with Crippen LogP contribution >= 0.6 is 11.6 Å². The van der Waals surface area contributed by atoms with Gasteiger partial charge in [-0.25, -0.2) is 5.43 Å². The third-order valence-corrected chi connectivity index (χ3v) is 3.44. The number of hydrazone groups is 1. The number of nitrogens with zero attached hydrogens (tertiary/aromatic N) is 1. The smallest absolute Gasteiger partial charge is 0.275 e. The number of phenols is 1. The van der Waals surface area contributed by atoms with Crippen LogP contribution in [0.4, 0.5) is 0 Å². The third-order valence-electron chi connectivity index (χ3n) is 3.20. The topological polar surface area (TPSA) is 61.7 Å². The van der Waals surface area contributed by atoms with Crippen LogP contribution in [0.25, 0.3) is 0 Å². The van der Waals surface area contributed by atoms with Gasteiger partial charge in [-0.3, -0.25) is 4.79 Å². The second-order valence-corrected chi connectivity index (χ2v) is 6.06. The Bertz CT molecular complexity index is 712. The Kier molecular flexibility index (Phi) is 5.77. The number of phenolic OH excluding ortho intramolecular Hbond substituents is 1. The van der Waals surface area contributed by atoms with E-state index in [1.54, 1.807) is 0 Å². The summed E-state index contributed by atoms with van der Waals surface area (Å²) < 4.78 is 0. The van der Waals surface area contributed by atoms with E-state index in [4.69, 9.17) is 11.6 Å². The molecule has 0 aromatic heterocycles. The highest BCUT2D eigenvalue weighted by Gasteiger charge is 2.12. The summed E-state index contributed by atoms with van der Waals surface area (Å²) in [5.41, 5.74) is 4.34. The first-order chi connectivity index (χ1) is 11.0. The maximum atomic E-state index is 12.2. The van der Waals surface area contributed by atoms with Gasteiger partial charge < -0.3 is 5.11 Å². The fourth-order valence-electron chi connectivity index (χ4n) is 2.11. The van der Waals surface area contributed by atoms with Crippen molar-refractivity contribution in [1.29, 1.82) is 0 Å². The van der Waals surface area contributed by atoms with E-state index in [2.05, 4.69) is 24.4 Å². The summed E-state index contributed by atoms with van der Waals surface area (Å²) in [4.78, 5) is 12.2. The number of hydrogen-bond acceptors (Lipinski definition) is 3. The Morgan fingerprint density at radius 1 is 1.22 bits per heavy atom. The maximum Gasteiger partial charge on any atom is 0.275 e. The maximum absolute atomic E-state index is 12.2. The Morgan fingerprint density at radius 3 is 2.57 bits per heavy atom. The van der Waals surface area contributed by atoms with Crippen molar-refractivity contribution in [3.63, 3.8) is 0 Å². The number of nitrogens with one attached hydrogen (secondary N) is 1. The van der Waals surface area contributed by atoms with Crippen molar-refractivity contribution >= 4 is 23.2 Å². The molecule has 23 heavy (non-hydrogen) atoms. The highest BCUT2D eigenvalue weighted by Crippen LogP contribution is 2.21. The molecule has 2 aromatic rings. The molecule has 0 aliphatic heterocycles. The Morgan fingerprint density at radius 2 is 1.91 bits per heavy atom. The number of carbonyl (C=O) groups is 1. The second kappa shape index (κ2) is 7.79. The van der Waals surface area contributed by atoms with Crippen LogP contribution in [0, 0.1) is 5.92 Å². The Balaban J connectivity index is 2.23. The lowest BCUT2D eigenvalue weighted by Crippen LogP contribution is -2.21. The van der Waals surface area contributed by atoms with Crippen LogP contribution in [0.3, 0.4) is 0 Å². The van der Waals surface area contributed by atoms with Crippen LogP contribution in [-0.4, -0.2) is 16.7 Å². The SMILES string of the molecule is CC(C)C/C(=N\NC(=O)c1cc(Cl)ccc1O)c1ccccc1. The molecule has 0 bridgehead atoms. The molecule has 0 radical (unpaired) electrons. The van der Waals surface area contributed by atoms with Crippen molar-refractivity contribution < 1.29 is 9.90 Å². The first kappa shape index (κ1) is 17.0. The van der Waals surface area contributed by atoms with E-state index >= 15 is 0 Å². The van der Waals surface area contributed by atoms with E-state index in [9.17, 15) is 9.90 Å². The zero-order chi connectivity index (χ0) is 16.8. The van der Waals surface area contributed by atoms with E-state index in [-0.39, 0.29) is 11.3 Å². The number of hydrogen-bond donors (Lipinski definition) is 2. The minimum Gasteiger partial charge on any atom is -0.507 e. The molecule has 4 nitrogen and oxygen atoms in total. The van der Waals surface area contributed by atoms with Gasteiger partial charge in [0.05, 0.1) is 11.3 Å². The van der Waals surface area contributed by atoms with Gasteiger partial charge in [0.1, 0.15) is 5.75 Å². The number of benzene rings is 2.